The van der Waals surface area contributed by atoms with Gasteiger partial charge in [0.25, 0.3) is 0 Å². The number of ether oxygens (including phenoxy) is 1. The van der Waals surface area contributed by atoms with Crippen LogP contribution in [0.3, 0.4) is 0 Å². The predicted molar refractivity (Wildman–Crippen MR) is 136 cm³/mol. The Balaban J connectivity index is 1.27. The van der Waals surface area contributed by atoms with E-state index in [-0.39, 0.29) is 0 Å². The van der Waals surface area contributed by atoms with Gasteiger partial charge in [-0.25, -0.2) is 4.98 Å². The number of aromatic nitrogens is 4. The summed E-state index contributed by atoms with van der Waals surface area (Å²) in [6.45, 7) is 2.92. The summed E-state index contributed by atoms with van der Waals surface area (Å²) in [6, 6.07) is 16.0. The van der Waals surface area contributed by atoms with Crippen molar-refractivity contribution in [3.05, 3.63) is 64.6 Å². The lowest BCUT2D eigenvalue weighted by atomic mass is 10.2. The van der Waals surface area contributed by atoms with Crippen LogP contribution in [0, 0.1) is 0 Å². The van der Waals surface area contributed by atoms with Crippen molar-refractivity contribution < 1.29 is 4.74 Å². The van der Waals surface area contributed by atoms with Gasteiger partial charge in [0.05, 0.1) is 16.8 Å². The van der Waals surface area contributed by atoms with Crippen molar-refractivity contribution in [1.82, 2.24) is 19.7 Å². The standard InChI is InChI=1S/C25H25ClN4OS2/c1-2-30-23(17-11-13-20(14-12-17)31-19-7-3-4-8-19)28-29-25(30)33-16-18-15-32-24(27-18)21-9-5-6-10-22(21)26/h5-6,9-15,19H,2-4,7-8,16H2,1H3. The second-order valence-corrected chi connectivity index (χ2v) is 10.2. The minimum Gasteiger partial charge on any atom is -0.490 e. The second-order valence-electron chi connectivity index (χ2n) is 8.01. The first-order valence-corrected chi connectivity index (χ1v) is 13.5. The molecule has 170 valence electrons. The molecule has 1 fully saturated rings. The third-order valence-corrected chi connectivity index (χ3v) is 8.01. The summed E-state index contributed by atoms with van der Waals surface area (Å²) in [5, 5.41) is 13.6. The molecule has 8 heteroatoms. The maximum absolute atomic E-state index is 6.33. The van der Waals surface area contributed by atoms with Gasteiger partial charge in [0.1, 0.15) is 10.8 Å². The number of benzene rings is 2. The second kappa shape index (κ2) is 10.3. The Morgan fingerprint density at radius 1 is 1.09 bits per heavy atom. The van der Waals surface area contributed by atoms with E-state index in [9.17, 15) is 0 Å². The molecule has 0 unspecified atom stereocenters. The first-order valence-electron chi connectivity index (χ1n) is 11.2. The van der Waals surface area contributed by atoms with Crippen molar-refractivity contribution in [2.24, 2.45) is 0 Å². The number of hydrogen-bond donors (Lipinski definition) is 0. The lowest BCUT2D eigenvalue weighted by molar-refractivity contribution is 0.210. The van der Waals surface area contributed by atoms with Crippen LogP contribution in [0.2, 0.25) is 5.02 Å². The van der Waals surface area contributed by atoms with Gasteiger partial charge in [-0.1, -0.05) is 41.6 Å². The molecule has 2 aromatic heterocycles. The van der Waals surface area contributed by atoms with E-state index in [2.05, 4.69) is 39.2 Å². The van der Waals surface area contributed by atoms with Gasteiger partial charge in [-0.2, -0.15) is 0 Å². The van der Waals surface area contributed by atoms with E-state index >= 15 is 0 Å². The lowest BCUT2D eigenvalue weighted by Crippen LogP contribution is -2.10. The van der Waals surface area contributed by atoms with Gasteiger partial charge in [0, 0.05) is 28.8 Å². The quantitative estimate of drug-likeness (QED) is 0.238. The molecular formula is C25H25ClN4OS2. The van der Waals surface area contributed by atoms with Crippen LogP contribution in [-0.2, 0) is 12.3 Å². The van der Waals surface area contributed by atoms with Gasteiger partial charge in [-0.3, -0.25) is 0 Å². The van der Waals surface area contributed by atoms with Crippen LogP contribution in [0.25, 0.3) is 22.0 Å². The molecule has 1 saturated carbocycles. The normalized spacial score (nSPS) is 14.1. The van der Waals surface area contributed by atoms with Crippen LogP contribution in [0.15, 0.2) is 59.1 Å². The van der Waals surface area contributed by atoms with E-state index in [0.717, 1.165) is 68.7 Å². The molecule has 4 aromatic rings. The fourth-order valence-electron chi connectivity index (χ4n) is 4.05. The Morgan fingerprint density at radius 3 is 2.64 bits per heavy atom. The molecule has 0 saturated heterocycles. The van der Waals surface area contributed by atoms with Crippen LogP contribution in [0.5, 0.6) is 5.75 Å². The highest BCUT2D eigenvalue weighted by atomic mass is 35.5. The average molecular weight is 497 g/mol. The number of nitrogens with zero attached hydrogens (tertiary/aromatic N) is 4. The molecule has 2 aromatic carbocycles. The summed E-state index contributed by atoms with van der Waals surface area (Å²) in [5.41, 5.74) is 3.03. The van der Waals surface area contributed by atoms with E-state index in [1.807, 2.05) is 36.4 Å². The van der Waals surface area contributed by atoms with Crippen LogP contribution < -0.4 is 4.74 Å². The van der Waals surface area contributed by atoms with Crippen molar-refractivity contribution in [2.45, 2.75) is 56.2 Å². The van der Waals surface area contributed by atoms with Crippen molar-refractivity contribution in [2.75, 3.05) is 0 Å². The van der Waals surface area contributed by atoms with Crippen molar-refractivity contribution in [1.29, 1.82) is 0 Å². The van der Waals surface area contributed by atoms with E-state index in [4.69, 9.17) is 21.3 Å². The first kappa shape index (κ1) is 22.4. The number of halogens is 1. The summed E-state index contributed by atoms with van der Waals surface area (Å²) >= 11 is 9.59. The monoisotopic (exact) mass is 496 g/mol. The number of rotatable bonds is 8. The smallest absolute Gasteiger partial charge is 0.191 e. The molecule has 0 aliphatic heterocycles. The van der Waals surface area contributed by atoms with Crippen molar-refractivity contribution in [3.8, 4) is 27.7 Å². The molecular weight excluding hydrogens is 472 g/mol. The van der Waals surface area contributed by atoms with Gasteiger partial charge in [0.2, 0.25) is 0 Å². The van der Waals surface area contributed by atoms with E-state index < -0.39 is 0 Å². The molecule has 0 radical (unpaired) electrons. The number of thioether (sulfide) groups is 1. The Hall–Kier alpha value is -2.35. The van der Waals surface area contributed by atoms with Crippen LogP contribution in [0.1, 0.15) is 38.3 Å². The molecule has 1 aliphatic rings. The van der Waals surface area contributed by atoms with E-state index in [1.165, 1.54) is 12.8 Å². The van der Waals surface area contributed by atoms with Crippen LogP contribution in [0.4, 0.5) is 0 Å². The Bertz CT molecular complexity index is 1220. The maximum atomic E-state index is 6.33. The largest absolute Gasteiger partial charge is 0.490 e. The summed E-state index contributed by atoms with van der Waals surface area (Å²) in [7, 11) is 0. The zero-order valence-electron chi connectivity index (χ0n) is 18.4. The Kier molecular flexibility index (Phi) is 6.99. The molecule has 2 heterocycles. The molecule has 1 aliphatic carbocycles. The highest BCUT2D eigenvalue weighted by Gasteiger charge is 2.18. The summed E-state index contributed by atoms with van der Waals surface area (Å²) in [6.07, 6.45) is 5.22. The van der Waals surface area contributed by atoms with Gasteiger partial charge in [-0.05, 0) is 62.9 Å². The van der Waals surface area contributed by atoms with Crippen molar-refractivity contribution >= 4 is 34.7 Å². The fraction of sp³-hybridized carbons (Fsp3) is 0.320. The summed E-state index contributed by atoms with van der Waals surface area (Å²) < 4.78 is 8.25. The van der Waals surface area contributed by atoms with Gasteiger partial charge in [-0.15, -0.1) is 21.5 Å². The van der Waals surface area contributed by atoms with Crippen LogP contribution >= 0.6 is 34.7 Å². The molecule has 5 nitrogen and oxygen atoms in total. The topological polar surface area (TPSA) is 52.8 Å². The average Bonchev–Trinajstić information content (AvgIpc) is 3.59. The molecule has 0 N–H and O–H groups in total. The highest BCUT2D eigenvalue weighted by molar-refractivity contribution is 7.98. The zero-order chi connectivity index (χ0) is 22.6. The van der Waals surface area contributed by atoms with Gasteiger partial charge >= 0.3 is 0 Å². The van der Waals surface area contributed by atoms with Gasteiger partial charge < -0.3 is 9.30 Å². The Labute approximate surface area is 207 Å². The Morgan fingerprint density at radius 2 is 1.88 bits per heavy atom. The molecule has 0 amide bonds. The minimum atomic E-state index is 0.363. The molecule has 33 heavy (non-hydrogen) atoms. The fourth-order valence-corrected chi connectivity index (χ4v) is 6.19. The molecule has 5 rings (SSSR count). The third-order valence-electron chi connectivity index (χ3n) is 5.76. The number of thiazole rings is 1. The lowest BCUT2D eigenvalue weighted by Gasteiger charge is -2.13. The minimum absolute atomic E-state index is 0.363. The molecule has 0 atom stereocenters. The summed E-state index contributed by atoms with van der Waals surface area (Å²) in [5.74, 6) is 2.54. The first-order chi connectivity index (χ1) is 16.2. The molecule has 0 bridgehead atoms. The highest BCUT2D eigenvalue weighted by Crippen LogP contribution is 2.33. The SMILES string of the molecule is CCn1c(SCc2csc(-c3ccccc3Cl)n2)nnc1-c1ccc(OC2CCCC2)cc1. The summed E-state index contributed by atoms with van der Waals surface area (Å²) in [4.78, 5) is 4.77. The van der Waals surface area contributed by atoms with Crippen molar-refractivity contribution in [3.63, 3.8) is 0 Å². The van der Waals surface area contributed by atoms with Gasteiger partial charge in [0.15, 0.2) is 11.0 Å². The van der Waals surface area contributed by atoms with E-state index in [1.54, 1.807) is 23.1 Å². The number of hydrogen-bond acceptors (Lipinski definition) is 6. The third kappa shape index (κ3) is 5.10. The zero-order valence-corrected chi connectivity index (χ0v) is 20.8. The maximum Gasteiger partial charge on any atom is 0.191 e. The molecule has 0 spiro atoms. The van der Waals surface area contributed by atoms with E-state index in [0.29, 0.717) is 6.10 Å². The van der Waals surface area contributed by atoms with Crippen LogP contribution in [-0.4, -0.2) is 25.9 Å². The predicted octanol–water partition coefficient (Wildman–Crippen LogP) is 7.36.